The standard InChI is InChI=1S/C17H34O2S/c1-3-4-5-6-7-8-9-10-11-12-13-14-15-19-17(18)16(2)20/h16,20H,3-15H2,1-2H3. The molecule has 0 aromatic heterocycles. The number of esters is 1. The highest BCUT2D eigenvalue weighted by molar-refractivity contribution is 7.81. The average molecular weight is 303 g/mol. The van der Waals surface area contributed by atoms with Gasteiger partial charge in [0.05, 0.1) is 11.9 Å². The van der Waals surface area contributed by atoms with Crippen molar-refractivity contribution in [1.29, 1.82) is 0 Å². The first-order chi connectivity index (χ1) is 9.68. The minimum atomic E-state index is -0.299. The topological polar surface area (TPSA) is 26.3 Å². The summed E-state index contributed by atoms with van der Waals surface area (Å²) in [7, 11) is 0. The van der Waals surface area contributed by atoms with Gasteiger partial charge in [-0.05, 0) is 13.3 Å². The van der Waals surface area contributed by atoms with Gasteiger partial charge in [0.2, 0.25) is 0 Å². The van der Waals surface area contributed by atoms with Crippen molar-refractivity contribution in [2.75, 3.05) is 6.61 Å². The van der Waals surface area contributed by atoms with Gasteiger partial charge in [0, 0.05) is 0 Å². The van der Waals surface area contributed by atoms with Crippen LogP contribution in [0.5, 0.6) is 0 Å². The number of ether oxygens (including phenoxy) is 1. The molecule has 0 aliphatic rings. The molecule has 1 unspecified atom stereocenters. The summed E-state index contributed by atoms with van der Waals surface area (Å²) in [6, 6.07) is 0. The lowest BCUT2D eigenvalue weighted by atomic mass is 10.1. The van der Waals surface area contributed by atoms with Crippen LogP contribution in [0.25, 0.3) is 0 Å². The van der Waals surface area contributed by atoms with Gasteiger partial charge >= 0.3 is 5.97 Å². The third-order valence-electron chi connectivity index (χ3n) is 3.58. The quantitative estimate of drug-likeness (QED) is 0.259. The van der Waals surface area contributed by atoms with Crippen molar-refractivity contribution in [3.63, 3.8) is 0 Å². The van der Waals surface area contributed by atoms with Crippen LogP contribution in [-0.4, -0.2) is 17.8 Å². The fourth-order valence-electron chi connectivity index (χ4n) is 2.24. The number of carbonyl (C=O) groups excluding carboxylic acids is 1. The largest absolute Gasteiger partial charge is 0.465 e. The van der Waals surface area contributed by atoms with Crippen molar-refractivity contribution in [3.05, 3.63) is 0 Å². The van der Waals surface area contributed by atoms with Crippen molar-refractivity contribution >= 4 is 18.6 Å². The van der Waals surface area contributed by atoms with Crippen LogP contribution >= 0.6 is 12.6 Å². The molecule has 3 heteroatoms. The van der Waals surface area contributed by atoms with E-state index in [2.05, 4.69) is 19.6 Å². The molecule has 0 saturated carbocycles. The molecule has 0 bridgehead atoms. The van der Waals surface area contributed by atoms with Crippen LogP contribution in [0.3, 0.4) is 0 Å². The molecule has 1 atom stereocenters. The van der Waals surface area contributed by atoms with Crippen molar-refractivity contribution in [1.82, 2.24) is 0 Å². The van der Waals surface area contributed by atoms with E-state index in [4.69, 9.17) is 4.74 Å². The van der Waals surface area contributed by atoms with Crippen LogP contribution in [0.4, 0.5) is 0 Å². The van der Waals surface area contributed by atoms with Crippen LogP contribution < -0.4 is 0 Å². The van der Waals surface area contributed by atoms with Gasteiger partial charge in [-0.15, -0.1) is 0 Å². The highest BCUT2D eigenvalue weighted by Gasteiger charge is 2.07. The van der Waals surface area contributed by atoms with E-state index in [1.54, 1.807) is 6.92 Å². The SMILES string of the molecule is CCCCCCCCCCCCCCOC(=O)C(C)S. The van der Waals surface area contributed by atoms with E-state index < -0.39 is 0 Å². The lowest BCUT2D eigenvalue weighted by molar-refractivity contribution is -0.142. The zero-order valence-electron chi connectivity index (χ0n) is 13.5. The molecular formula is C17H34O2S. The van der Waals surface area contributed by atoms with Gasteiger partial charge in [-0.1, -0.05) is 77.6 Å². The molecule has 0 spiro atoms. The molecule has 0 fully saturated rings. The zero-order chi connectivity index (χ0) is 15.1. The zero-order valence-corrected chi connectivity index (χ0v) is 14.4. The summed E-state index contributed by atoms with van der Waals surface area (Å²) < 4.78 is 5.08. The highest BCUT2D eigenvalue weighted by Crippen LogP contribution is 2.12. The molecule has 0 radical (unpaired) electrons. The molecule has 20 heavy (non-hydrogen) atoms. The number of hydrogen-bond acceptors (Lipinski definition) is 3. The Hall–Kier alpha value is -0.180. The average Bonchev–Trinajstić information content (AvgIpc) is 2.43. The van der Waals surface area contributed by atoms with Crippen LogP contribution in [0.2, 0.25) is 0 Å². The van der Waals surface area contributed by atoms with Crippen molar-refractivity contribution in [3.8, 4) is 0 Å². The van der Waals surface area contributed by atoms with Gasteiger partial charge in [0.25, 0.3) is 0 Å². The maximum atomic E-state index is 11.1. The number of thiol groups is 1. The Bertz CT molecular complexity index is 217. The Labute approximate surface area is 131 Å². The maximum absolute atomic E-state index is 11.1. The van der Waals surface area contributed by atoms with E-state index >= 15 is 0 Å². The molecule has 0 rings (SSSR count). The van der Waals surface area contributed by atoms with Gasteiger partial charge in [0.1, 0.15) is 0 Å². The predicted octanol–water partition coefficient (Wildman–Crippen LogP) is 5.55. The normalized spacial score (nSPS) is 12.3. The summed E-state index contributed by atoms with van der Waals surface area (Å²) in [5, 5.41) is -0.299. The summed E-state index contributed by atoms with van der Waals surface area (Å²) in [4.78, 5) is 11.1. The lowest BCUT2D eigenvalue weighted by Gasteiger charge is -2.06. The summed E-state index contributed by atoms with van der Waals surface area (Å²) in [6.45, 7) is 4.56. The molecule has 0 aromatic rings. The smallest absolute Gasteiger partial charge is 0.318 e. The summed E-state index contributed by atoms with van der Waals surface area (Å²) in [5.41, 5.74) is 0. The van der Waals surface area contributed by atoms with Crippen LogP contribution in [-0.2, 0) is 9.53 Å². The summed E-state index contributed by atoms with van der Waals surface area (Å²) in [6.07, 6.45) is 15.9. The fraction of sp³-hybridized carbons (Fsp3) is 0.941. The number of carbonyl (C=O) groups is 1. The highest BCUT2D eigenvalue weighted by atomic mass is 32.1. The monoisotopic (exact) mass is 302 g/mol. The van der Waals surface area contributed by atoms with E-state index in [1.807, 2.05) is 0 Å². The first-order valence-corrected chi connectivity index (χ1v) is 9.04. The molecular weight excluding hydrogens is 268 g/mol. The van der Waals surface area contributed by atoms with Gasteiger partial charge < -0.3 is 4.74 Å². The molecule has 2 nitrogen and oxygen atoms in total. The number of hydrogen-bond donors (Lipinski definition) is 1. The van der Waals surface area contributed by atoms with Crippen LogP contribution in [0.15, 0.2) is 0 Å². The van der Waals surface area contributed by atoms with E-state index in [9.17, 15) is 4.79 Å². The second-order valence-electron chi connectivity index (χ2n) is 5.73. The Morgan fingerprint density at radius 2 is 1.25 bits per heavy atom. The van der Waals surface area contributed by atoms with Gasteiger partial charge in [0.15, 0.2) is 0 Å². The molecule has 0 amide bonds. The van der Waals surface area contributed by atoms with E-state index in [0.29, 0.717) is 6.61 Å². The molecule has 0 N–H and O–H groups in total. The first-order valence-electron chi connectivity index (χ1n) is 8.53. The molecule has 0 aliphatic carbocycles. The van der Waals surface area contributed by atoms with Gasteiger partial charge in [-0.2, -0.15) is 12.6 Å². The number of unbranched alkanes of at least 4 members (excludes halogenated alkanes) is 11. The molecule has 120 valence electrons. The van der Waals surface area contributed by atoms with E-state index in [1.165, 1.54) is 70.6 Å². The van der Waals surface area contributed by atoms with Crippen molar-refractivity contribution in [2.24, 2.45) is 0 Å². The Morgan fingerprint density at radius 1 is 0.850 bits per heavy atom. The minimum Gasteiger partial charge on any atom is -0.465 e. The fourth-order valence-corrected chi connectivity index (χ4v) is 2.31. The summed E-state index contributed by atoms with van der Waals surface area (Å²) >= 11 is 4.04. The summed E-state index contributed by atoms with van der Waals surface area (Å²) in [5.74, 6) is -0.198. The molecule has 0 aromatic carbocycles. The molecule has 0 heterocycles. The van der Waals surface area contributed by atoms with E-state index in [0.717, 1.165) is 6.42 Å². The first kappa shape index (κ1) is 19.8. The Balaban J connectivity index is 3.04. The van der Waals surface area contributed by atoms with E-state index in [-0.39, 0.29) is 11.2 Å². The van der Waals surface area contributed by atoms with Crippen molar-refractivity contribution in [2.45, 2.75) is 96.1 Å². The molecule has 0 saturated heterocycles. The maximum Gasteiger partial charge on any atom is 0.318 e. The van der Waals surface area contributed by atoms with Crippen LogP contribution in [0.1, 0.15) is 90.9 Å². The number of rotatable bonds is 14. The second-order valence-corrected chi connectivity index (χ2v) is 6.51. The molecule has 0 aliphatic heterocycles. The van der Waals surface area contributed by atoms with Crippen LogP contribution in [0, 0.1) is 0 Å². The third-order valence-corrected chi connectivity index (χ3v) is 3.79. The second kappa shape index (κ2) is 15.2. The van der Waals surface area contributed by atoms with Crippen molar-refractivity contribution < 1.29 is 9.53 Å². The minimum absolute atomic E-state index is 0.198. The Kier molecular flexibility index (Phi) is 15.1. The Morgan fingerprint density at radius 3 is 1.65 bits per heavy atom. The van der Waals surface area contributed by atoms with Gasteiger partial charge in [-0.3, -0.25) is 4.79 Å². The lowest BCUT2D eigenvalue weighted by Crippen LogP contribution is -2.15. The third kappa shape index (κ3) is 14.2. The van der Waals surface area contributed by atoms with Gasteiger partial charge in [-0.25, -0.2) is 0 Å². The predicted molar refractivity (Wildman–Crippen MR) is 90.5 cm³/mol.